The third kappa shape index (κ3) is 5.43. The minimum atomic E-state index is -2.87. The molecule has 268 valence electrons. The average molecular weight is 760 g/mol. The van der Waals surface area contributed by atoms with Crippen molar-refractivity contribution >= 4 is 82.1 Å². The van der Waals surface area contributed by atoms with Gasteiger partial charge in [-0.1, -0.05) is 188 Å². The molecule has 11 rings (SSSR count). The SMILES string of the molecule is c1ccc([Si](c2ccccc2)(c2ccccc2)c2cc(-c3cccc(-n4c5ccccc5c5ccccc54)c3)cc(-c3cccc4c3sc3ccccc34)c2)cc1. The Morgan fingerprint density at radius 2 is 0.842 bits per heavy atom. The second-order valence-electron chi connectivity index (χ2n) is 14.8. The maximum absolute atomic E-state index is 2.87. The number of fused-ring (bicyclic) bond motifs is 6. The van der Waals surface area contributed by atoms with E-state index in [1.54, 1.807) is 0 Å². The molecule has 2 heterocycles. The molecule has 0 amide bonds. The lowest BCUT2D eigenvalue weighted by atomic mass is 9.97. The predicted molar refractivity (Wildman–Crippen MR) is 248 cm³/mol. The van der Waals surface area contributed by atoms with E-state index in [1.165, 1.54) is 85.0 Å². The highest BCUT2D eigenvalue weighted by Gasteiger charge is 2.41. The van der Waals surface area contributed by atoms with Gasteiger partial charge in [0.05, 0.1) is 11.0 Å². The lowest BCUT2D eigenvalue weighted by Gasteiger charge is -2.35. The molecule has 0 aliphatic heterocycles. The van der Waals surface area contributed by atoms with Crippen molar-refractivity contribution in [2.75, 3.05) is 0 Å². The van der Waals surface area contributed by atoms with Crippen LogP contribution in [-0.4, -0.2) is 12.6 Å². The normalized spacial score (nSPS) is 11.9. The van der Waals surface area contributed by atoms with Gasteiger partial charge in [-0.15, -0.1) is 11.3 Å². The van der Waals surface area contributed by atoms with Gasteiger partial charge in [-0.25, -0.2) is 0 Å². The van der Waals surface area contributed by atoms with E-state index in [2.05, 4.69) is 229 Å². The molecular weight excluding hydrogens is 723 g/mol. The third-order valence-corrected chi connectivity index (χ3v) is 17.7. The van der Waals surface area contributed by atoms with E-state index in [9.17, 15) is 0 Å². The number of aromatic nitrogens is 1. The molecule has 1 nitrogen and oxygen atoms in total. The molecule has 11 aromatic rings. The van der Waals surface area contributed by atoms with Crippen molar-refractivity contribution in [1.82, 2.24) is 4.57 Å². The topological polar surface area (TPSA) is 4.93 Å². The molecule has 0 atom stereocenters. The number of hydrogen-bond acceptors (Lipinski definition) is 1. The highest BCUT2D eigenvalue weighted by molar-refractivity contribution is 7.26. The van der Waals surface area contributed by atoms with Crippen LogP contribution in [0.3, 0.4) is 0 Å². The second-order valence-corrected chi connectivity index (χ2v) is 19.7. The van der Waals surface area contributed by atoms with Crippen molar-refractivity contribution in [3.8, 4) is 27.9 Å². The second kappa shape index (κ2) is 13.8. The highest BCUT2D eigenvalue weighted by Crippen LogP contribution is 2.41. The van der Waals surface area contributed by atoms with Gasteiger partial charge in [0.2, 0.25) is 0 Å². The molecule has 0 saturated carbocycles. The lowest BCUT2D eigenvalue weighted by molar-refractivity contribution is 1.18. The van der Waals surface area contributed by atoms with E-state index < -0.39 is 8.07 Å². The van der Waals surface area contributed by atoms with E-state index in [0.29, 0.717) is 0 Å². The number of benzene rings is 9. The maximum atomic E-state index is 2.53. The fourth-order valence-corrected chi connectivity index (χ4v) is 15.3. The Labute approximate surface area is 337 Å². The Hall–Kier alpha value is -6.78. The minimum absolute atomic E-state index is 1.15. The molecule has 0 aliphatic carbocycles. The van der Waals surface area contributed by atoms with Crippen LogP contribution in [0.5, 0.6) is 0 Å². The Morgan fingerprint density at radius 1 is 0.333 bits per heavy atom. The monoisotopic (exact) mass is 759 g/mol. The van der Waals surface area contributed by atoms with Gasteiger partial charge in [0.1, 0.15) is 0 Å². The van der Waals surface area contributed by atoms with Crippen LogP contribution in [0, 0.1) is 0 Å². The summed E-state index contributed by atoms with van der Waals surface area (Å²) < 4.78 is 5.07. The van der Waals surface area contributed by atoms with Crippen LogP contribution in [0.15, 0.2) is 224 Å². The number of rotatable bonds is 7. The lowest BCUT2D eigenvalue weighted by Crippen LogP contribution is -2.74. The number of para-hydroxylation sites is 2. The average Bonchev–Trinajstić information content (AvgIpc) is 3.84. The smallest absolute Gasteiger partial charge is 0.179 e. The van der Waals surface area contributed by atoms with Crippen LogP contribution in [0.2, 0.25) is 0 Å². The summed E-state index contributed by atoms with van der Waals surface area (Å²) in [6.07, 6.45) is 0. The van der Waals surface area contributed by atoms with Crippen LogP contribution < -0.4 is 20.7 Å². The van der Waals surface area contributed by atoms with E-state index in [1.807, 2.05) is 11.3 Å². The van der Waals surface area contributed by atoms with Crippen molar-refractivity contribution in [2.24, 2.45) is 0 Å². The molecule has 0 radical (unpaired) electrons. The van der Waals surface area contributed by atoms with Crippen LogP contribution >= 0.6 is 11.3 Å². The van der Waals surface area contributed by atoms with Gasteiger partial charge in [0.25, 0.3) is 0 Å². The molecule has 0 spiro atoms. The molecular formula is C54H37NSSi. The van der Waals surface area contributed by atoms with Gasteiger partial charge in [-0.05, 0) is 79.4 Å². The predicted octanol–water partition coefficient (Wildman–Crippen LogP) is 11.9. The first-order valence-electron chi connectivity index (χ1n) is 19.6. The maximum Gasteiger partial charge on any atom is 0.179 e. The molecule has 0 fully saturated rings. The number of nitrogens with zero attached hydrogens (tertiary/aromatic N) is 1. The Morgan fingerprint density at radius 3 is 1.47 bits per heavy atom. The van der Waals surface area contributed by atoms with Crippen LogP contribution in [0.1, 0.15) is 0 Å². The quantitative estimate of drug-likeness (QED) is 0.113. The van der Waals surface area contributed by atoms with E-state index in [-0.39, 0.29) is 0 Å². The highest BCUT2D eigenvalue weighted by atomic mass is 32.1. The summed E-state index contributed by atoms with van der Waals surface area (Å²) in [7, 11) is -2.87. The van der Waals surface area contributed by atoms with Crippen molar-refractivity contribution in [1.29, 1.82) is 0 Å². The van der Waals surface area contributed by atoms with Crippen LogP contribution in [-0.2, 0) is 0 Å². The van der Waals surface area contributed by atoms with Gasteiger partial charge in [-0.3, -0.25) is 0 Å². The Bertz CT molecular complexity index is 3080. The van der Waals surface area contributed by atoms with Crippen LogP contribution in [0.25, 0.3) is 69.9 Å². The minimum Gasteiger partial charge on any atom is -0.309 e. The molecule has 0 aliphatic rings. The Balaban J connectivity index is 1.23. The summed E-state index contributed by atoms with van der Waals surface area (Å²) in [6.45, 7) is 0. The molecule has 9 aromatic carbocycles. The standard InChI is InChI=1S/C54H37NSSi/c1-4-20-42(21-5-1)57(43-22-6-2-7-23-43,44-24-8-3-9-25-44)45-36-39(34-40(37-45)46-29-17-30-50-49-28-12-15-33-53(49)56-54(46)50)38-18-16-19-41(35-38)55-51-31-13-10-26-47(51)48-27-11-14-32-52(48)55/h1-37H. The van der Waals surface area contributed by atoms with Gasteiger partial charge in [-0.2, -0.15) is 0 Å². The molecule has 0 saturated heterocycles. The molecule has 0 bridgehead atoms. The molecule has 0 unspecified atom stereocenters. The fourth-order valence-electron chi connectivity index (χ4n) is 9.23. The zero-order valence-electron chi connectivity index (χ0n) is 31.2. The summed E-state index contributed by atoms with van der Waals surface area (Å²) in [6, 6.07) is 83.7. The molecule has 2 aromatic heterocycles. The Kier molecular flexibility index (Phi) is 8.09. The van der Waals surface area contributed by atoms with E-state index in [0.717, 1.165) is 5.69 Å². The third-order valence-electron chi connectivity index (χ3n) is 11.7. The largest absolute Gasteiger partial charge is 0.309 e. The van der Waals surface area contributed by atoms with Gasteiger partial charge in [0, 0.05) is 36.6 Å². The van der Waals surface area contributed by atoms with Crippen molar-refractivity contribution in [3.05, 3.63) is 224 Å². The van der Waals surface area contributed by atoms with Crippen molar-refractivity contribution in [3.63, 3.8) is 0 Å². The van der Waals surface area contributed by atoms with Gasteiger partial charge >= 0.3 is 0 Å². The van der Waals surface area contributed by atoms with Crippen molar-refractivity contribution in [2.45, 2.75) is 0 Å². The molecule has 0 N–H and O–H groups in total. The molecule has 3 heteroatoms. The van der Waals surface area contributed by atoms with E-state index >= 15 is 0 Å². The van der Waals surface area contributed by atoms with Gasteiger partial charge < -0.3 is 4.57 Å². The summed E-state index contributed by atoms with van der Waals surface area (Å²) in [5.41, 5.74) is 8.49. The zero-order chi connectivity index (χ0) is 37.8. The van der Waals surface area contributed by atoms with Crippen LogP contribution in [0.4, 0.5) is 0 Å². The zero-order valence-corrected chi connectivity index (χ0v) is 33.0. The summed E-state index contributed by atoms with van der Waals surface area (Å²) >= 11 is 1.90. The van der Waals surface area contributed by atoms with E-state index in [4.69, 9.17) is 0 Å². The van der Waals surface area contributed by atoms with Gasteiger partial charge in [0.15, 0.2) is 8.07 Å². The first-order valence-corrected chi connectivity index (χ1v) is 22.4. The number of hydrogen-bond donors (Lipinski definition) is 0. The summed E-state index contributed by atoms with van der Waals surface area (Å²) in [5, 5.41) is 10.6. The summed E-state index contributed by atoms with van der Waals surface area (Å²) in [4.78, 5) is 0. The summed E-state index contributed by atoms with van der Waals surface area (Å²) in [5.74, 6) is 0. The molecule has 57 heavy (non-hydrogen) atoms. The first-order chi connectivity index (χ1) is 28.3. The first kappa shape index (κ1) is 33.5. The van der Waals surface area contributed by atoms with Crippen molar-refractivity contribution < 1.29 is 0 Å². The fraction of sp³-hybridized carbons (Fsp3) is 0. The number of thiophene rings is 1.